The molecule has 0 aliphatic carbocycles. The van der Waals surface area contributed by atoms with Crippen molar-refractivity contribution >= 4 is 27.8 Å². The number of carbonyl (C=O) groups is 2. The van der Waals surface area contributed by atoms with Crippen LogP contribution in [0.2, 0.25) is 0 Å². The number of carbonyl (C=O) groups excluding carboxylic acids is 2. The van der Waals surface area contributed by atoms with Crippen molar-refractivity contribution in [3.05, 3.63) is 40.2 Å². The maximum Gasteiger partial charge on any atom is 0.333 e. The normalized spacial score (nSPS) is 14.8. The highest BCUT2D eigenvalue weighted by Crippen LogP contribution is 2.33. The number of hydrogen-bond acceptors (Lipinski definition) is 4. The van der Waals surface area contributed by atoms with E-state index in [9.17, 15) is 22.4 Å². The molecule has 0 saturated carbocycles. The highest BCUT2D eigenvalue weighted by Gasteiger charge is 2.27. The molecular weight excluding hydrogens is 387 g/mol. The van der Waals surface area contributed by atoms with Gasteiger partial charge < -0.3 is 15.5 Å². The molecule has 0 radical (unpaired) electrons. The number of urea groups is 2. The first-order valence-electron chi connectivity index (χ1n) is 8.81. The summed E-state index contributed by atoms with van der Waals surface area (Å²) in [6.07, 6.45) is 1.14. The molecule has 0 atom stereocenters. The van der Waals surface area contributed by atoms with Crippen molar-refractivity contribution in [2.75, 3.05) is 18.9 Å². The molecule has 1 heterocycles. The molecule has 0 saturated heterocycles. The van der Waals surface area contributed by atoms with Gasteiger partial charge in [-0.15, -0.1) is 0 Å². The Labute approximate surface area is 164 Å². The van der Waals surface area contributed by atoms with Crippen molar-refractivity contribution in [1.82, 2.24) is 14.9 Å². The van der Waals surface area contributed by atoms with E-state index in [2.05, 4.69) is 10.6 Å². The summed E-state index contributed by atoms with van der Waals surface area (Å²) >= 11 is 0. The van der Waals surface area contributed by atoms with E-state index in [0.29, 0.717) is 16.8 Å². The molecule has 4 amide bonds. The Bertz CT molecular complexity index is 897. The van der Waals surface area contributed by atoms with Gasteiger partial charge in [0.1, 0.15) is 10.7 Å². The van der Waals surface area contributed by atoms with Crippen LogP contribution in [-0.2, 0) is 10.0 Å². The van der Waals surface area contributed by atoms with Crippen LogP contribution in [0.3, 0.4) is 0 Å². The van der Waals surface area contributed by atoms with E-state index in [1.807, 2.05) is 32.4 Å². The smallest absolute Gasteiger partial charge is 0.333 e. The quantitative estimate of drug-likeness (QED) is 0.691. The van der Waals surface area contributed by atoms with Crippen molar-refractivity contribution in [1.29, 1.82) is 0 Å². The number of benzene rings is 1. The molecular formula is C18H25FN4O4S. The second-order valence-electron chi connectivity index (χ2n) is 7.19. The zero-order chi connectivity index (χ0) is 21.2. The molecule has 1 aliphatic heterocycles. The third-order valence-corrected chi connectivity index (χ3v) is 5.68. The third kappa shape index (κ3) is 4.80. The maximum absolute atomic E-state index is 14.0. The van der Waals surface area contributed by atoms with Crippen molar-refractivity contribution < 1.29 is 22.4 Å². The van der Waals surface area contributed by atoms with Crippen molar-refractivity contribution in [3.8, 4) is 0 Å². The Morgan fingerprint density at radius 2 is 1.71 bits per heavy atom. The minimum Gasteiger partial charge on any atom is -0.333 e. The van der Waals surface area contributed by atoms with Gasteiger partial charge in [-0.1, -0.05) is 27.7 Å². The molecule has 0 aromatic heterocycles. The molecule has 0 fully saturated rings. The fraction of sp³-hybridized carbons (Fsp3) is 0.444. The molecule has 0 spiro atoms. The Morgan fingerprint density at radius 1 is 1.18 bits per heavy atom. The number of nitrogens with zero attached hydrogens (tertiary/aromatic N) is 1. The van der Waals surface area contributed by atoms with E-state index < -0.39 is 27.9 Å². The van der Waals surface area contributed by atoms with Gasteiger partial charge in [0.2, 0.25) is 0 Å². The minimum absolute atomic E-state index is 0.0926. The summed E-state index contributed by atoms with van der Waals surface area (Å²) in [5, 5.41) is 4.95. The summed E-state index contributed by atoms with van der Waals surface area (Å²) in [5.74, 6) is -0.604. The molecule has 3 N–H and O–H groups in total. The van der Waals surface area contributed by atoms with E-state index in [0.717, 1.165) is 11.1 Å². The molecule has 2 rings (SSSR count). The van der Waals surface area contributed by atoms with Gasteiger partial charge in [-0.3, -0.25) is 0 Å². The van der Waals surface area contributed by atoms with Crippen LogP contribution in [0.4, 0.5) is 19.7 Å². The number of anilines is 1. The molecule has 28 heavy (non-hydrogen) atoms. The number of rotatable bonds is 5. The lowest BCUT2D eigenvalue weighted by Gasteiger charge is -2.23. The summed E-state index contributed by atoms with van der Waals surface area (Å²) in [4.78, 5) is 24.8. The van der Waals surface area contributed by atoms with E-state index in [-0.39, 0.29) is 23.3 Å². The fourth-order valence-electron chi connectivity index (χ4n) is 2.80. The number of sulfonamides is 1. The molecule has 8 nitrogen and oxygen atoms in total. The Hall–Kier alpha value is -2.62. The average Bonchev–Trinajstić information content (AvgIpc) is 2.57. The number of nitrogens with one attached hydrogen (secondary N) is 3. The average molecular weight is 412 g/mol. The van der Waals surface area contributed by atoms with Gasteiger partial charge in [-0.2, -0.15) is 0 Å². The van der Waals surface area contributed by atoms with Crippen LogP contribution in [0.25, 0.3) is 0 Å². The first kappa shape index (κ1) is 21.7. The van der Waals surface area contributed by atoms with Crippen molar-refractivity contribution in [2.45, 2.75) is 39.5 Å². The molecule has 1 aromatic carbocycles. The van der Waals surface area contributed by atoms with Gasteiger partial charge in [-0.25, -0.2) is 27.1 Å². The first-order chi connectivity index (χ1) is 12.9. The van der Waals surface area contributed by atoms with Crippen LogP contribution in [0.15, 0.2) is 23.2 Å². The number of amides is 4. The molecule has 1 aliphatic rings. The predicted octanol–water partition coefficient (Wildman–Crippen LogP) is 3.02. The topological polar surface area (TPSA) is 108 Å². The van der Waals surface area contributed by atoms with Crippen LogP contribution >= 0.6 is 0 Å². The summed E-state index contributed by atoms with van der Waals surface area (Å²) in [6, 6.07) is 1.25. The fourth-order valence-corrected chi connectivity index (χ4v) is 3.79. The first-order valence-corrected chi connectivity index (χ1v) is 10.3. The number of hydrogen-bond donors (Lipinski definition) is 3. The lowest BCUT2D eigenvalue weighted by atomic mass is 9.92. The van der Waals surface area contributed by atoms with E-state index >= 15 is 0 Å². The van der Waals surface area contributed by atoms with Gasteiger partial charge in [0.05, 0.1) is 6.54 Å². The van der Waals surface area contributed by atoms with Gasteiger partial charge in [-0.05, 0) is 35.1 Å². The highest BCUT2D eigenvalue weighted by atomic mass is 32.2. The van der Waals surface area contributed by atoms with Crippen LogP contribution in [0.1, 0.15) is 50.7 Å². The summed E-state index contributed by atoms with van der Waals surface area (Å²) in [6.45, 7) is 7.18. The van der Waals surface area contributed by atoms with E-state index in [1.165, 1.54) is 19.2 Å². The molecule has 0 bridgehead atoms. The molecule has 10 heteroatoms. The van der Waals surface area contributed by atoms with Gasteiger partial charge in [0.25, 0.3) is 10.0 Å². The number of halogens is 1. The van der Waals surface area contributed by atoms with Crippen LogP contribution < -0.4 is 15.4 Å². The highest BCUT2D eigenvalue weighted by molar-refractivity contribution is 7.94. The lowest BCUT2D eigenvalue weighted by molar-refractivity contribution is 0.221. The Kier molecular flexibility index (Phi) is 6.33. The predicted molar refractivity (Wildman–Crippen MR) is 105 cm³/mol. The standard InChI is InChI=1S/C18H25FN4O4S/c1-10(2)14-6-12(19)7-15(11(3)4)16(14)21-17(24)22-28(26,27)13-8-20-18(25)23(5)9-13/h6-7,9-11H,8H2,1-5H3,(H,20,25)(H2,21,22,24). The summed E-state index contributed by atoms with van der Waals surface area (Å²) in [5.41, 5.74) is 1.53. The van der Waals surface area contributed by atoms with Gasteiger partial charge in [0.15, 0.2) is 0 Å². The van der Waals surface area contributed by atoms with Gasteiger partial charge in [0, 0.05) is 18.9 Å². The van der Waals surface area contributed by atoms with Crippen molar-refractivity contribution in [2.24, 2.45) is 0 Å². The van der Waals surface area contributed by atoms with Crippen LogP contribution in [-0.4, -0.2) is 39.0 Å². The Morgan fingerprint density at radius 3 is 2.18 bits per heavy atom. The van der Waals surface area contributed by atoms with Crippen molar-refractivity contribution in [3.63, 3.8) is 0 Å². The van der Waals surface area contributed by atoms with Crippen LogP contribution in [0, 0.1) is 5.82 Å². The maximum atomic E-state index is 14.0. The largest absolute Gasteiger partial charge is 0.333 e. The second kappa shape index (κ2) is 8.17. The summed E-state index contributed by atoms with van der Waals surface area (Å²) in [7, 11) is -2.77. The molecule has 154 valence electrons. The van der Waals surface area contributed by atoms with Crippen LogP contribution in [0.5, 0.6) is 0 Å². The Balaban J connectivity index is 2.30. The zero-order valence-corrected chi connectivity index (χ0v) is 17.3. The second-order valence-corrected chi connectivity index (χ2v) is 8.93. The molecule has 1 aromatic rings. The SMILES string of the molecule is CC(C)c1cc(F)cc(C(C)C)c1NC(=O)NS(=O)(=O)C1=CN(C)C(=O)NC1. The lowest BCUT2D eigenvalue weighted by Crippen LogP contribution is -2.44. The van der Waals surface area contributed by atoms with E-state index in [4.69, 9.17) is 0 Å². The summed E-state index contributed by atoms with van der Waals surface area (Å²) < 4.78 is 40.8. The molecule has 0 unspecified atom stereocenters. The minimum atomic E-state index is -4.16. The monoisotopic (exact) mass is 412 g/mol. The third-order valence-electron chi connectivity index (χ3n) is 4.29. The van der Waals surface area contributed by atoms with Gasteiger partial charge >= 0.3 is 12.1 Å². The zero-order valence-electron chi connectivity index (χ0n) is 16.5. The van der Waals surface area contributed by atoms with E-state index in [1.54, 1.807) is 0 Å².